The lowest BCUT2D eigenvalue weighted by Crippen LogP contribution is -2.04. The van der Waals surface area contributed by atoms with Crippen molar-refractivity contribution < 1.29 is 0 Å². The van der Waals surface area contributed by atoms with Gasteiger partial charge in [0.1, 0.15) is 5.82 Å². The van der Waals surface area contributed by atoms with Gasteiger partial charge in [0.25, 0.3) is 0 Å². The molecule has 0 aliphatic rings. The predicted octanol–water partition coefficient (Wildman–Crippen LogP) is 4.74. The molecule has 0 spiro atoms. The van der Waals surface area contributed by atoms with E-state index in [9.17, 15) is 0 Å². The number of anilines is 1. The van der Waals surface area contributed by atoms with Gasteiger partial charge in [0.2, 0.25) is 0 Å². The van der Waals surface area contributed by atoms with Crippen LogP contribution >= 0.6 is 22.7 Å². The number of aryl methyl sites for hydroxylation is 1. The standard InChI is InChI=1S/C17H14N4S2/c1-11-15(23-10-19-11)9-18-16-12-5-2-3-6-13(12)20-17(21-16)14-7-4-8-22-14/h2-8,10H,9H2,1H3,(H,18,20,21). The molecule has 3 heterocycles. The summed E-state index contributed by atoms with van der Waals surface area (Å²) in [5.74, 6) is 1.63. The maximum absolute atomic E-state index is 4.74. The third kappa shape index (κ3) is 2.83. The number of nitrogens with zero attached hydrogens (tertiary/aromatic N) is 3. The van der Waals surface area contributed by atoms with Gasteiger partial charge in [0.05, 0.1) is 28.1 Å². The van der Waals surface area contributed by atoms with Crippen LogP contribution in [0.2, 0.25) is 0 Å². The fourth-order valence-electron chi connectivity index (χ4n) is 2.39. The number of nitrogens with one attached hydrogen (secondary N) is 1. The van der Waals surface area contributed by atoms with Crippen molar-refractivity contribution in [1.82, 2.24) is 15.0 Å². The van der Waals surface area contributed by atoms with E-state index < -0.39 is 0 Å². The summed E-state index contributed by atoms with van der Waals surface area (Å²) in [6.45, 7) is 2.75. The third-order valence-electron chi connectivity index (χ3n) is 3.61. The lowest BCUT2D eigenvalue weighted by Gasteiger charge is -2.10. The van der Waals surface area contributed by atoms with Crippen molar-refractivity contribution in [3.05, 3.63) is 57.9 Å². The summed E-state index contributed by atoms with van der Waals surface area (Å²) in [5, 5.41) is 6.54. The van der Waals surface area contributed by atoms with E-state index in [0.717, 1.165) is 39.7 Å². The van der Waals surface area contributed by atoms with Crippen molar-refractivity contribution in [2.75, 3.05) is 5.32 Å². The molecule has 0 bridgehead atoms. The molecule has 1 N–H and O–H groups in total. The normalized spacial score (nSPS) is 11.0. The predicted molar refractivity (Wildman–Crippen MR) is 97.0 cm³/mol. The first-order chi connectivity index (χ1) is 11.3. The molecule has 23 heavy (non-hydrogen) atoms. The van der Waals surface area contributed by atoms with Crippen LogP contribution in [-0.4, -0.2) is 15.0 Å². The van der Waals surface area contributed by atoms with Gasteiger partial charge in [-0.2, -0.15) is 0 Å². The van der Waals surface area contributed by atoms with Gasteiger partial charge in [-0.05, 0) is 30.5 Å². The molecule has 0 amide bonds. The number of rotatable bonds is 4. The number of hydrogen-bond acceptors (Lipinski definition) is 6. The molecule has 0 aliphatic heterocycles. The van der Waals surface area contributed by atoms with E-state index in [-0.39, 0.29) is 0 Å². The number of fused-ring (bicyclic) bond motifs is 1. The van der Waals surface area contributed by atoms with Crippen LogP contribution in [0.25, 0.3) is 21.6 Å². The van der Waals surface area contributed by atoms with Crippen molar-refractivity contribution in [1.29, 1.82) is 0 Å². The van der Waals surface area contributed by atoms with Gasteiger partial charge < -0.3 is 5.32 Å². The minimum Gasteiger partial charge on any atom is -0.364 e. The molecule has 0 aliphatic carbocycles. The molecule has 0 saturated heterocycles. The fraction of sp³-hybridized carbons (Fsp3) is 0.118. The van der Waals surface area contributed by atoms with Gasteiger partial charge in [-0.25, -0.2) is 15.0 Å². The molecule has 0 radical (unpaired) electrons. The van der Waals surface area contributed by atoms with Crippen LogP contribution in [0.15, 0.2) is 47.3 Å². The Morgan fingerprint density at radius 3 is 2.74 bits per heavy atom. The number of thiophene rings is 1. The topological polar surface area (TPSA) is 50.7 Å². The molecule has 4 nitrogen and oxygen atoms in total. The smallest absolute Gasteiger partial charge is 0.172 e. The first-order valence-corrected chi connectivity index (χ1v) is 9.00. The monoisotopic (exact) mass is 338 g/mol. The van der Waals surface area contributed by atoms with Crippen LogP contribution in [0.5, 0.6) is 0 Å². The van der Waals surface area contributed by atoms with E-state index in [4.69, 9.17) is 9.97 Å². The lowest BCUT2D eigenvalue weighted by atomic mass is 10.2. The highest BCUT2D eigenvalue weighted by Crippen LogP contribution is 2.28. The van der Waals surface area contributed by atoms with Crippen molar-refractivity contribution in [3.63, 3.8) is 0 Å². The highest BCUT2D eigenvalue weighted by atomic mass is 32.1. The molecule has 4 aromatic rings. The van der Waals surface area contributed by atoms with Gasteiger partial charge in [-0.15, -0.1) is 22.7 Å². The summed E-state index contributed by atoms with van der Waals surface area (Å²) < 4.78 is 0. The summed E-state index contributed by atoms with van der Waals surface area (Å²) in [4.78, 5) is 16.0. The second kappa shape index (κ2) is 6.06. The molecular weight excluding hydrogens is 324 g/mol. The maximum atomic E-state index is 4.74. The molecular formula is C17H14N4S2. The Bertz CT molecular complexity index is 944. The minimum absolute atomic E-state index is 0.724. The van der Waals surface area contributed by atoms with Gasteiger partial charge in [0.15, 0.2) is 5.82 Å². The zero-order valence-electron chi connectivity index (χ0n) is 12.5. The van der Waals surface area contributed by atoms with Gasteiger partial charge in [-0.1, -0.05) is 18.2 Å². The van der Waals surface area contributed by atoms with Crippen molar-refractivity contribution in [3.8, 4) is 10.7 Å². The Morgan fingerprint density at radius 1 is 1.04 bits per heavy atom. The van der Waals surface area contributed by atoms with E-state index in [1.807, 2.05) is 48.1 Å². The van der Waals surface area contributed by atoms with E-state index in [0.29, 0.717) is 0 Å². The quantitative estimate of drug-likeness (QED) is 0.584. The van der Waals surface area contributed by atoms with Crippen LogP contribution < -0.4 is 5.32 Å². The number of thiazole rings is 1. The van der Waals surface area contributed by atoms with E-state index in [2.05, 4.69) is 16.4 Å². The fourth-order valence-corrected chi connectivity index (χ4v) is 3.76. The zero-order chi connectivity index (χ0) is 15.6. The molecule has 0 fully saturated rings. The second-order valence-electron chi connectivity index (χ2n) is 5.10. The molecule has 1 aromatic carbocycles. The van der Waals surface area contributed by atoms with Crippen molar-refractivity contribution >= 4 is 39.4 Å². The molecule has 0 saturated carbocycles. The van der Waals surface area contributed by atoms with Gasteiger partial charge >= 0.3 is 0 Å². The van der Waals surface area contributed by atoms with Gasteiger partial charge in [0, 0.05) is 10.3 Å². The van der Waals surface area contributed by atoms with Gasteiger partial charge in [-0.3, -0.25) is 0 Å². The maximum Gasteiger partial charge on any atom is 0.172 e. The summed E-state index contributed by atoms with van der Waals surface area (Å²) in [6.07, 6.45) is 0. The Labute approximate surface area is 141 Å². The highest BCUT2D eigenvalue weighted by Gasteiger charge is 2.10. The summed E-state index contributed by atoms with van der Waals surface area (Å²) in [7, 11) is 0. The third-order valence-corrected chi connectivity index (χ3v) is 5.41. The van der Waals surface area contributed by atoms with Crippen LogP contribution in [0.3, 0.4) is 0 Å². The number of para-hydroxylation sites is 1. The van der Waals surface area contributed by atoms with Crippen LogP contribution in [0.4, 0.5) is 5.82 Å². The average molecular weight is 338 g/mol. The summed E-state index contributed by atoms with van der Waals surface area (Å²) >= 11 is 3.31. The van der Waals surface area contributed by atoms with Crippen molar-refractivity contribution in [2.45, 2.75) is 13.5 Å². The summed E-state index contributed by atoms with van der Waals surface area (Å²) in [5.41, 5.74) is 3.90. The van der Waals surface area contributed by atoms with E-state index in [1.54, 1.807) is 22.7 Å². The van der Waals surface area contributed by atoms with Crippen LogP contribution in [-0.2, 0) is 6.54 Å². The summed E-state index contributed by atoms with van der Waals surface area (Å²) in [6, 6.07) is 12.2. The minimum atomic E-state index is 0.724. The highest BCUT2D eigenvalue weighted by molar-refractivity contribution is 7.13. The Balaban J connectivity index is 1.76. The molecule has 114 valence electrons. The SMILES string of the molecule is Cc1ncsc1CNc1nc(-c2cccs2)nc2ccccc12. The molecule has 4 rings (SSSR count). The number of hydrogen-bond donors (Lipinski definition) is 1. The van der Waals surface area contributed by atoms with Crippen LogP contribution in [0.1, 0.15) is 10.6 Å². The Kier molecular flexibility index (Phi) is 3.77. The van der Waals surface area contributed by atoms with E-state index >= 15 is 0 Å². The molecule has 0 unspecified atom stereocenters. The molecule has 6 heteroatoms. The second-order valence-corrected chi connectivity index (χ2v) is 6.99. The largest absolute Gasteiger partial charge is 0.364 e. The average Bonchev–Trinajstić information content (AvgIpc) is 3.24. The zero-order valence-corrected chi connectivity index (χ0v) is 14.1. The Hall–Kier alpha value is -2.31. The Morgan fingerprint density at radius 2 is 1.96 bits per heavy atom. The molecule has 0 atom stereocenters. The number of benzene rings is 1. The first-order valence-electron chi connectivity index (χ1n) is 7.25. The lowest BCUT2D eigenvalue weighted by molar-refractivity contribution is 1.09. The van der Waals surface area contributed by atoms with Crippen LogP contribution in [0, 0.1) is 6.92 Å². The van der Waals surface area contributed by atoms with Crippen molar-refractivity contribution in [2.24, 2.45) is 0 Å². The van der Waals surface area contributed by atoms with E-state index in [1.165, 1.54) is 4.88 Å². The number of aromatic nitrogens is 3. The molecule has 3 aromatic heterocycles. The first kappa shape index (κ1) is 14.3.